The summed E-state index contributed by atoms with van der Waals surface area (Å²) in [5.41, 5.74) is -3.03. The summed E-state index contributed by atoms with van der Waals surface area (Å²) in [5, 5.41) is 21.0. The zero-order valence-corrected chi connectivity index (χ0v) is 13.3. The van der Waals surface area contributed by atoms with Gasteiger partial charge in [-0.25, -0.2) is 4.79 Å². The number of nitro benzene ring substituents is 1. The molecule has 25 heavy (non-hydrogen) atoms. The molecule has 7 heteroatoms. The van der Waals surface area contributed by atoms with Crippen LogP contribution in [0.15, 0.2) is 54.6 Å². The molecule has 0 N–H and O–H groups in total. The van der Waals surface area contributed by atoms with Crippen molar-refractivity contribution in [2.75, 3.05) is 6.61 Å². The van der Waals surface area contributed by atoms with Gasteiger partial charge in [0.1, 0.15) is 0 Å². The molecule has 1 atom stereocenters. The minimum atomic E-state index is -2.32. The molecule has 0 spiro atoms. The van der Waals surface area contributed by atoms with E-state index in [9.17, 15) is 25.0 Å². The maximum atomic E-state index is 13.1. The molecule has 0 radical (unpaired) electrons. The monoisotopic (exact) mass is 338 g/mol. The Bertz CT molecular complexity index is 857. The van der Waals surface area contributed by atoms with Crippen LogP contribution in [0.4, 0.5) is 5.69 Å². The molecular weight excluding hydrogens is 324 g/mol. The average Bonchev–Trinajstić information content (AvgIpc) is 2.63. The number of para-hydroxylation sites is 1. The van der Waals surface area contributed by atoms with E-state index in [1.54, 1.807) is 31.2 Å². The van der Waals surface area contributed by atoms with Crippen LogP contribution in [0.2, 0.25) is 0 Å². The van der Waals surface area contributed by atoms with Crippen LogP contribution in [0.25, 0.3) is 0 Å². The number of Topliss-reactive ketones (excluding diaryl/α,β-unsaturated/α-hetero) is 1. The molecule has 2 aromatic carbocycles. The summed E-state index contributed by atoms with van der Waals surface area (Å²) in [5.74, 6) is -2.06. The topological polar surface area (TPSA) is 110 Å². The van der Waals surface area contributed by atoms with Gasteiger partial charge in [-0.1, -0.05) is 42.5 Å². The Labute approximate surface area is 143 Å². The van der Waals surface area contributed by atoms with Crippen LogP contribution < -0.4 is 0 Å². The summed E-state index contributed by atoms with van der Waals surface area (Å²) in [7, 11) is 0. The second-order valence-corrected chi connectivity index (χ2v) is 5.05. The molecule has 0 aliphatic heterocycles. The Morgan fingerprint density at radius 2 is 1.76 bits per heavy atom. The quantitative estimate of drug-likeness (QED) is 0.263. The summed E-state index contributed by atoms with van der Waals surface area (Å²) in [6.07, 6.45) is 0. The number of carbonyl (C=O) groups excluding carboxylic acids is 2. The molecule has 0 heterocycles. The van der Waals surface area contributed by atoms with Crippen molar-refractivity contribution in [1.29, 1.82) is 5.26 Å². The van der Waals surface area contributed by atoms with E-state index in [0.29, 0.717) is 0 Å². The van der Waals surface area contributed by atoms with E-state index in [4.69, 9.17) is 4.74 Å². The van der Waals surface area contributed by atoms with E-state index in [1.165, 1.54) is 30.3 Å². The predicted molar refractivity (Wildman–Crippen MR) is 87.8 cm³/mol. The number of ketones is 1. The van der Waals surface area contributed by atoms with Gasteiger partial charge in [0.25, 0.3) is 5.69 Å². The third-order valence-corrected chi connectivity index (χ3v) is 3.64. The lowest BCUT2D eigenvalue weighted by Gasteiger charge is -2.23. The Hall–Kier alpha value is -3.53. The van der Waals surface area contributed by atoms with Gasteiger partial charge in [0.2, 0.25) is 11.2 Å². The van der Waals surface area contributed by atoms with Gasteiger partial charge in [-0.2, -0.15) is 5.26 Å². The van der Waals surface area contributed by atoms with Gasteiger partial charge in [-0.3, -0.25) is 14.9 Å². The fraction of sp³-hybridized carbons (Fsp3) is 0.167. The summed E-state index contributed by atoms with van der Waals surface area (Å²) >= 11 is 0. The van der Waals surface area contributed by atoms with Crippen LogP contribution in [0.1, 0.15) is 22.8 Å². The smallest absolute Gasteiger partial charge is 0.339 e. The summed E-state index contributed by atoms with van der Waals surface area (Å²) in [6, 6.07) is 14.6. The first-order valence-corrected chi connectivity index (χ1v) is 7.41. The van der Waals surface area contributed by atoms with Gasteiger partial charge < -0.3 is 4.74 Å². The number of hydrogen-bond acceptors (Lipinski definition) is 6. The molecule has 126 valence electrons. The molecule has 2 aromatic rings. The van der Waals surface area contributed by atoms with Gasteiger partial charge in [-0.05, 0) is 18.6 Å². The fourth-order valence-electron chi connectivity index (χ4n) is 2.46. The first kappa shape index (κ1) is 17.8. The van der Waals surface area contributed by atoms with Crippen molar-refractivity contribution in [3.8, 4) is 6.07 Å². The van der Waals surface area contributed by atoms with Crippen LogP contribution in [0, 0.1) is 21.4 Å². The van der Waals surface area contributed by atoms with Gasteiger partial charge in [0.05, 0.1) is 23.2 Å². The van der Waals surface area contributed by atoms with Crippen LogP contribution in [0.5, 0.6) is 0 Å². The van der Waals surface area contributed by atoms with E-state index in [2.05, 4.69) is 0 Å². The van der Waals surface area contributed by atoms with Crippen molar-refractivity contribution >= 4 is 17.4 Å². The summed E-state index contributed by atoms with van der Waals surface area (Å²) in [6.45, 7) is 1.50. The molecule has 0 amide bonds. The highest BCUT2D eigenvalue weighted by Crippen LogP contribution is 2.33. The largest absolute Gasteiger partial charge is 0.464 e. The van der Waals surface area contributed by atoms with E-state index >= 15 is 0 Å². The number of esters is 1. The van der Waals surface area contributed by atoms with E-state index < -0.39 is 27.8 Å². The Morgan fingerprint density at radius 1 is 1.16 bits per heavy atom. The molecular formula is C18H14N2O5. The van der Waals surface area contributed by atoms with Crippen molar-refractivity contribution in [3.63, 3.8) is 0 Å². The number of nitro groups is 1. The van der Waals surface area contributed by atoms with Crippen molar-refractivity contribution in [2.24, 2.45) is 0 Å². The van der Waals surface area contributed by atoms with Crippen LogP contribution >= 0.6 is 0 Å². The average molecular weight is 338 g/mol. The number of carbonyl (C=O) groups is 2. The molecule has 0 fully saturated rings. The number of nitriles is 1. The first-order valence-electron chi connectivity index (χ1n) is 7.41. The molecule has 0 saturated carbocycles. The third-order valence-electron chi connectivity index (χ3n) is 3.64. The second-order valence-electron chi connectivity index (χ2n) is 5.05. The van der Waals surface area contributed by atoms with Gasteiger partial charge in [0, 0.05) is 6.07 Å². The number of hydrogen-bond donors (Lipinski definition) is 0. The maximum Gasteiger partial charge on any atom is 0.339 e. The van der Waals surface area contributed by atoms with Crippen LogP contribution in [-0.4, -0.2) is 23.3 Å². The molecule has 2 rings (SSSR count). The predicted octanol–water partition coefficient (Wildman–Crippen LogP) is 2.80. The minimum Gasteiger partial charge on any atom is -0.464 e. The number of nitrogens with zero attached hydrogens (tertiary/aromatic N) is 2. The van der Waals surface area contributed by atoms with Gasteiger partial charge in [-0.15, -0.1) is 0 Å². The Morgan fingerprint density at radius 3 is 2.32 bits per heavy atom. The lowest BCUT2D eigenvalue weighted by atomic mass is 9.75. The SMILES string of the molecule is CCOC(=O)[C@@](C#N)(C(=O)c1ccccc1[N+](=O)[O-])c1ccccc1. The zero-order valence-electron chi connectivity index (χ0n) is 13.3. The maximum absolute atomic E-state index is 13.1. The van der Waals surface area contributed by atoms with E-state index in [1.807, 2.05) is 0 Å². The van der Waals surface area contributed by atoms with Gasteiger partial charge >= 0.3 is 5.97 Å². The highest BCUT2D eigenvalue weighted by atomic mass is 16.6. The van der Waals surface area contributed by atoms with E-state index in [-0.39, 0.29) is 17.7 Å². The van der Waals surface area contributed by atoms with Crippen LogP contribution in [-0.2, 0) is 14.9 Å². The molecule has 0 aromatic heterocycles. The summed E-state index contributed by atoms with van der Waals surface area (Å²) in [4.78, 5) is 36.2. The molecule has 0 aliphatic carbocycles. The molecule has 0 aliphatic rings. The number of ether oxygens (including phenoxy) is 1. The highest BCUT2D eigenvalue weighted by molar-refractivity contribution is 6.21. The number of benzene rings is 2. The van der Waals surface area contributed by atoms with Crippen molar-refractivity contribution in [2.45, 2.75) is 12.3 Å². The Balaban J connectivity index is 2.73. The lowest BCUT2D eigenvalue weighted by Crippen LogP contribution is -2.44. The number of rotatable bonds is 6. The zero-order chi connectivity index (χ0) is 18.4. The van der Waals surface area contributed by atoms with Crippen molar-refractivity contribution in [3.05, 3.63) is 75.8 Å². The standard InChI is InChI=1S/C18H14N2O5/c1-2-25-17(22)18(12-19,13-8-4-3-5-9-13)16(21)14-10-6-7-11-15(14)20(23)24/h3-11H,2H2,1H3/t18-/m1/s1. The van der Waals surface area contributed by atoms with Gasteiger partial charge in [0.15, 0.2) is 0 Å². The van der Waals surface area contributed by atoms with Crippen molar-refractivity contribution in [1.82, 2.24) is 0 Å². The normalized spacial score (nSPS) is 12.5. The minimum absolute atomic E-state index is 0.0424. The fourth-order valence-corrected chi connectivity index (χ4v) is 2.46. The third kappa shape index (κ3) is 3.10. The summed E-state index contributed by atoms with van der Waals surface area (Å²) < 4.78 is 4.94. The first-order chi connectivity index (χ1) is 12.0. The molecule has 7 nitrogen and oxygen atoms in total. The molecule has 0 saturated heterocycles. The van der Waals surface area contributed by atoms with Crippen molar-refractivity contribution < 1.29 is 19.2 Å². The highest BCUT2D eigenvalue weighted by Gasteiger charge is 2.51. The molecule has 0 bridgehead atoms. The lowest BCUT2D eigenvalue weighted by molar-refractivity contribution is -0.385. The Kier molecular flexibility index (Phi) is 5.25. The van der Waals surface area contributed by atoms with E-state index in [0.717, 1.165) is 6.07 Å². The second kappa shape index (κ2) is 7.36. The molecule has 0 unspecified atom stereocenters. The van der Waals surface area contributed by atoms with Crippen LogP contribution in [0.3, 0.4) is 0 Å².